The number of aromatic amines is 1. The van der Waals surface area contributed by atoms with E-state index >= 15 is 0 Å². The minimum absolute atomic E-state index is 0.0445. The Hall–Kier alpha value is -2.20. The molecule has 1 heterocycles. The molecule has 0 spiro atoms. The van der Waals surface area contributed by atoms with Crippen LogP contribution in [0.1, 0.15) is 23.5 Å². The Kier molecular flexibility index (Phi) is 4.20. The fourth-order valence-corrected chi connectivity index (χ4v) is 2.89. The molecule has 22 heavy (non-hydrogen) atoms. The number of aromatic nitrogens is 1. The maximum atomic E-state index is 14.2. The fourth-order valence-electron chi connectivity index (χ4n) is 2.89. The Morgan fingerprint density at radius 1 is 1.09 bits per heavy atom. The molecule has 3 rings (SSSR count). The molecule has 0 aliphatic rings. The van der Waals surface area contributed by atoms with Crippen molar-refractivity contribution in [1.82, 2.24) is 10.3 Å². The molecular weight excluding hydrogens is 282 g/mol. The maximum Gasteiger partial charge on any atom is 0.147 e. The summed E-state index contributed by atoms with van der Waals surface area (Å²) in [5.41, 5.74) is 2.24. The third kappa shape index (κ3) is 2.88. The highest BCUT2D eigenvalue weighted by molar-refractivity contribution is 5.81. The molecule has 0 amide bonds. The van der Waals surface area contributed by atoms with Gasteiger partial charge >= 0.3 is 0 Å². The van der Waals surface area contributed by atoms with E-state index in [9.17, 15) is 8.78 Å². The van der Waals surface area contributed by atoms with Crippen LogP contribution in [0.2, 0.25) is 0 Å². The minimum atomic E-state index is -0.275. The van der Waals surface area contributed by atoms with Gasteiger partial charge < -0.3 is 10.3 Å². The summed E-state index contributed by atoms with van der Waals surface area (Å²) in [6.07, 6.45) is 2.50. The molecule has 2 N–H and O–H groups in total. The number of nitrogens with one attached hydrogen (secondary N) is 2. The fraction of sp³-hybridized carbons (Fsp3) is 0.222. The van der Waals surface area contributed by atoms with Crippen LogP contribution in [0.4, 0.5) is 8.78 Å². The highest BCUT2D eigenvalue weighted by Gasteiger charge is 2.17. The van der Waals surface area contributed by atoms with Gasteiger partial charge in [0.1, 0.15) is 11.6 Å². The van der Waals surface area contributed by atoms with Crippen LogP contribution in [0.15, 0.2) is 48.7 Å². The molecule has 1 atom stereocenters. The number of halogens is 2. The van der Waals surface area contributed by atoms with Crippen molar-refractivity contribution in [2.75, 3.05) is 13.6 Å². The molecule has 2 aromatic carbocycles. The smallest absolute Gasteiger partial charge is 0.147 e. The second-order valence-electron chi connectivity index (χ2n) is 5.44. The monoisotopic (exact) mass is 300 g/mol. The summed E-state index contributed by atoms with van der Waals surface area (Å²) in [5, 5.41) is 3.94. The highest BCUT2D eigenvalue weighted by atomic mass is 19.1. The number of hydrogen-bond donors (Lipinski definition) is 2. The Balaban J connectivity index is 2.06. The highest BCUT2D eigenvalue weighted by Crippen LogP contribution is 2.31. The summed E-state index contributed by atoms with van der Waals surface area (Å²) < 4.78 is 27.8. The van der Waals surface area contributed by atoms with Gasteiger partial charge in [-0.1, -0.05) is 12.1 Å². The van der Waals surface area contributed by atoms with Crippen molar-refractivity contribution in [1.29, 1.82) is 0 Å². The van der Waals surface area contributed by atoms with Crippen molar-refractivity contribution in [2.24, 2.45) is 0 Å². The quantitative estimate of drug-likeness (QED) is 0.726. The van der Waals surface area contributed by atoms with Crippen molar-refractivity contribution in [3.05, 3.63) is 71.4 Å². The van der Waals surface area contributed by atoms with E-state index in [4.69, 9.17) is 0 Å². The van der Waals surface area contributed by atoms with Crippen molar-refractivity contribution < 1.29 is 8.78 Å². The predicted octanol–water partition coefficient (Wildman–Crippen LogP) is 4.19. The van der Waals surface area contributed by atoms with Gasteiger partial charge in [-0.2, -0.15) is 0 Å². The zero-order valence-corrected chi connectivity index (χ0v) is 12.4. The molecular formula is C18H18F2N2. The third-order valence-electron chi connectivity index (χ3n) is 3.97. The molecule has 0 saturated heterocycles. The standard InChI is InChI=1S/C18H18F2N2/c1-21-7-6-16(12-3-2-4-15(19)10-12)14-9-13-5-8-22-18(13)17(20)11-14/h2-5,8-11,16,21-22H,6-7H2,1H3. The van der Waals surface area contributed by atoms with Crippen LogP contribution >= 0.6 is 0 Å². The molecule has 0 aliphatic heterocycles. The molecule has 3 aromatic rings. The molecule has 1 aromatic heterocycles. The van der Waals surface area contributed by atoms with Crippen molar-refractivity contribution >= 4 is 10.9 Å². The Bertz CT molecular complexity index is 780. The number of hydrogen-bond acceptors (Lipinski definition) is 1. The van der Waals surface area contributed by atoms with Gasteiger partial charge in [0.15, 0.2) is 0 Å². The van der Waals surface area contributed by atoms with Gasteiger partial charge in [-0.25, -0.2) is 8.78 Å². The zero-order valence-electron chi connectivity index (χ0n) is 12.4. The van der Waals surface area contributed by atoms with Crippen LogP contribution in [0.3, 0.4) is 0 Å². The summed E-state index contributed by atoms with van der Waals surface area (Å²) in [4.78, 5) is 2.90. The van der Waals surface area contributed by atoms with Gasteiger partial charge in [-0.15, -0.1) is 0 Å². The average Bonchev–Trinajstić information content (AvgIpc) is 2.97. The van der Waals surface area contributed by atoms with Crippen LogP contribution in [0, 0.1) is 11.6 Å². The lowest BCUT2D eigenvalue weighted by Gasteiger charge is -2.18. The number of H-pyrrole nitrogens is 1. The third-order valence-corrected chi connectivity index (χ3v) is 3.97. The molecule has 0 fully saturated rings. The van der Waals surface area contributed by atoms with Gasteiger partial charge in [0, 0.05) is 17.5 Å². The number of rotatable bonds is 5. The largest absolute Gasteiger partial charge is 0.359 e. The topological polar surface area (TPSA) is 27.8 Å². The van der Waals surface area contributed by atoms with E-state index in [0.717, 1.165) is 29.5 Å². The van der Waals surface area contributed by atoms with E-state index < -0.39 is 0 Å². The lowest BCUT2D eigenvalue weighted by atomic mass is 9.88. The molecule has 0 bridgehead atoms. The van der Waals surface area contributed by atoms with Gasteiger partial charge in [0.2, 0.25) is 0 Å². The van der Waals surface area contributed by atoms with E-state index in [-0.39, 0.29) is 17.6 Å². The Morgan fingerprint density at radius 3 is 2.73 bits per heavy atom. The first-order valence-electron chi connectivity index (χ1n) is 7.35. The second kappa shape index (κ2) is 6.28. The van der Waals surface area contributed by atoms with E-state index in [0.29, 0.717) is 5.52 Å². The van der Waals surface area contributed by atoms with Crippen LogP contribution in [0.25, 0.3) is 10.9 Å². The molecule has 0 radical (unpaired) electrons. The lowest BCUT2D eigenvalue weighted by molar-refractivity contribution is 0.611. The lowest BCUT2D eigenvalue weighted by Crippen LogP contribution is -2.13. The van der Waals surface area contributed by atoms with Gasteiger partial charge in [-0.05, 0) is 61.5 Å². The van der Waals surface area contributed by atoms with Crippen LogP contribution in [-0.4, -0.2) is 18.6 Å². The summed E-state index contributed by atoms with van der Waals surface area (Å²) in [5.74, 6) is -0.588. The van der Waals surface area contributed by atoms with E-state index in [2.05, 4.69) is 10.3 Å². The molecule has 0 saturated carbocycles. The van der Waals surface area contributed by atoms with E-state index in [1.807, 2.05) is 25.2 Å². The first-order valence-corrected chi connectivity index (χ1v) is 7.35. The van der Waals surface area contributed by atoms with Gasteiger partial charge in [0.25, 0.3) is 0 Å². The average molecular weight is 300 g/mol. The normalized spacial score (nSPS) is 12.7. The van der Waals surface area contributed by atoms with E-state index in [1.54, 1.807) is 18.3 Å². The Morgan fingerprint density at radius 2 is 1.95 bits per heavy atom. The molecule has 2 nitrogen and oxygen atoms in total. The van der Waals surface area contributed by atoms with Crippen LogP contribution < -0.4 is 5.32 Å². The van der Waals surface area contributed by atoms with Gasteiger partial charge in [-0.3, -0.25) is 0 Å². The van der Waals surface area contributed by atoms with Crippen LogP contribution in [0.5, 0.6) is 0 Å². The predicted molar refractivity (Wildman–Crippen MR) is 85.0 cm³/mol. The SMILES string of the molecule is CNCCC(c1cccc(F)c1)c1cc(F)c2[nH]ccc2c1. The maximum absolute atomic E-state index is 14.2. The zero-order chi connectivity index (χ0) is 15.5. The summed E-state index contributed by atoms with van der Waals surface area (Å²) in [7, 11) is 1.87. The van der Waals surface area contributed by atoms with Crippen molar-refractivity contribution in [3.8, 4) is 0 Å². The molecule has 0 aliphatic carbocycles. The summed E-state index contributed by atoms with van der Waals surface area (Å²) in [6.45, 7) is 0.772. The second-order valence-corrected chi connectivity index (χ2v) is 5.44. The molecule has 1 unspecified atom stereocenters. The summed E-state index contributed by atoms with van der Waals surface area (Å²) in [6, 6.07) is 11.9. The van der Waals surface area contributed by atoms with Gasteiger partial charge in [0.05, 0.1) is 5.52 Å². The molecule has 4 heteroatoms. The van der Waals surface area contributed by atoms with Crippen molar-refractivity contribution in [3.63, 3.8) is 0 Å². The Labute approximate surface area is 128 Å². The first-order chi connectivity index (χ1) is 10.7. The molecule has 114 valence electrons. The first kappa shape index (κ1) is 14.7. The van der Waals surface area contributed by atoms with Crippen LogP contribution in [-0.2, 0) is 0 Å². The number of benzene rings is 2. The summed E-state index contributed by atoms with van der Waals surface area (Å²) >= 11 is 0. The number of fused-ring (bicyclic) bond motifs is 1. The minimum Gasteiger partial charge on any atom is -0.359 e. The van der Waals surface area contributed by atoms with E-state index in [1.165, 1.54) is 12.1 Å². The van der Waals surface area contributed by atoms with Crippen molar-refractivity contribution in [2.45, 2.75) is 12.3 Å².